The number of pyridine rings is 1. The zero-order valence-electron chi connectivity index (χ0n) is 11.6. The Kier molecular flexibility index (Phi) is 3.63. The van der Waals surface area contributed by atoms with Crippen molar-refractivity contribution in [3.8, 4) is 0 Å². The molecule has 1 aromatic rings. The third kappa shape index (κ3) is 2.63. The van der Waals surface area contributed by atoms with Crippen molar-refractivity contribution in [3.63, 3.8) is 0 Å². The van der Waals surface area contributed by atoms with Crippen LogP contribution in [0.4, 0.5) is 18.9 Å². The summed E-state index contributed by atoms with van der Waals surface area (Å²) in [6.07, 6.45) is 1.28. The van der Waals surface area contributed by atoms with Crippen LogP contribution in [-0.2, 0) is 11.2 Å². The first-order valence-electron chi connectivity index (χ1n) is 7.29. The monoisotopic (exact) mass is 298 g/mol. The zero-order chi connectivity index (χ0) is 15.0. The van der Waals surface area contributed by atoms with Crippen molar-refractivity contribution < 1.29 is 18.0 Å². The molecule has 114 valence electrons. The highest BCUT2D eigenvalue weighted by Crippen LogP contribution is 2.43. The molecule has 2 atom stereocenters. The maximum Gasteiger partial charge on any atom is 0.392 e. The molecule has 1 aromatic heterocycles. The Labute approximate surface area is 121 Å². The lowest BCUT2D eigenvalue weighted by Gasteiger charge is -2.34. The van der Waals surface area contributed by atoms with Crippen LogP contribution in [0.15, 0.2) is 18.5 Å². The lowest BCUT2D eigenvalue weighted by atomic mass is 9.78. The number of nitrogens with zero attached hydrogens (tertiary/aromatic N) is 2. The number of anilines is 1. The van der Waals surface area contributed by atoms with Gasteiger partial charge in [-0.3, -0.25) is 9.78 Å². The summed E-state index contributed by atoms with van der Waals surface area (Å²) in [6.45, 7) is 0.459. The van der Waals surface area contributed by atoms with Crippen molar-refractivity contribution in [3.05, 3.63) is 24.0 Å². The summed E-state index contributed by atoms with van der Waals surface area (Å²) in [4.78, 5) is 18.1. The molecule has 21 heavy (non-hydrogen) atoms. The van der Waals surface area contributed by atoms with Gasteiger partial charge < -0.3 is 4.90 Å². The molecule has 0 spiro atoms. The van der Waals surface area contributed by atoms with Crippen LogP contribution in [0.5, 0.6) is 0 Å². The Morgan fingerprint density at radius 3 is 2.81 bits per heavy atom. The van der Waals surface area contributed by atoms with E-state index in [-0.39, 0.29) is 12.3 Å². The van der Waals surface area contributed by atoms with Crippen molar-refractivity contribution in [2.45, 2.75) is 38.3 Å². The minimum absolute atomic E-state index is 0.0664. The Bertz CT molecular complexity index is 544. The second kappa shape index (κ2) is 5.31. The van der Waals surface area contributed by atoms with Crippen molar-refractivity contribution in [1.29, 1.82) is 0 Å². The summed E-state index contributed by atoms with van der Waals surface area (Å²) < 4.78 is 39.5. The van der Waals surface area contributed by atoms with Gasteiger partial charge in [-0.05, 0) is 30.9 Å². The molecule has 1 saturated carbocycles. The van der Waals surface area contributed by atoms with E-state index in [1.165, 1.54) is 4.90 Å². The number of hydrogen-bond donors (Lipinski definition) is 0. The third-order valence-electron chi connectivity index (χ3n) is 4.54. The number of hydrogen-bond acceptors (Lipinski definition) is 2. The van der Waals surface area contributed by atoms with Crippen LogP contribution in [0.25, 0.3) is 0 Å². The fourth-order valence-electron chi connectivity index (χ4n) is 3.48. The topological polar surface area (TPSA) is 33.2 Å². The summed E-state index contributed by atoms with van der Waals surface area (Å²) in [6, 6.07) is 1.71. The normalized spacial score (nSPS) is 25.8. The molecule has 2 aliphatic rings. The second-order valence-corrected chi connectivity index (χ2v) is 5.78. The van der Waals surface area contributed by atoms with E-state index in [9.17, 15) is 18.0 Å². The lowest BCUT2D eigenvalue weighted by molar-refractivity contribution is -0.197. The molecular weight excluding hydrogens is 281 g/mol. The van der Waals surface area contributed by atoms with E-state index in [1.807, 2.05) is 0 Å². The van der Waals surface area contributed by atoms with E-state index in [2.05, 4.69) is 4.98 Å². The summed E-state index contributed by atoms with van der Waals surface area (Å²) in [7, 11) is 0. The fraction of sp³-hybridized carbons (Fsp3) is 0.600. The van der Waals surface area contributed by atoms with E-state index in [0.29, 0.717) is 32.2 Å². The molecule has 3 rings (SSSR count). The number of fused-ring (bicyclic) bond motifs is 1. The van der Waals surface area contributed by atoms with E-state index >= 15 is 0 Å². The van der Waals surface area contributed by atoms with Gasteiger partial charge in [0.1, 0.15) is 0 Å². The molecular formula is C15H17F3N2O. The molecule has 1 aliphatic heterocycles. The number of rotatable bonds is 1. The van der Waals surface area contributed by atoms with Crippen LogP contribution in [0, 0.1) is 11.8 Å². The summed E-state index contributed by atoms with van der Waals surface area (Å²) >= 11 is 0. The predicted molar refractivity (Wildman–Crippen MR) is 71.8 cm³/mol. The van der Waals surface area contributed by atoms with E-state index in [1.54, 1.807) is 18.5 Å². The molecule has 0 bridgehead atoms. The first kappa shape index (κ1) is 14.4. The molecule has 0 radical (unpaired) electrons. The highest BCUT2D eigenvalue weighted by Gasteiger charge is 2.49. The molecule has 0 saturated heterocycles. The van der Waals surface area contributed by atoms with Crippen molar-refractivity contribution in [2.75, 3.05) is 11.4 Å². The van der Waals surface area contributed by atoms with Crippen LogP contribution in [0.3, 0.4) is 0 Å². The van der Waals surface area contributed by atoms with Crippen LogP contribution >= 0.6 is 0 Å². The first-order chi connectivity index (χ1) is 9.98. The molecule has 6 heteroatoms. The summed E-state index contributed by atoms with van der Waals surface area (Å²) in [5.41, 5.74) is 1.66. The highest BCUT2D eigenvalue weighted by atomic mass is 19.4. The Balaban J connectivity index is 1.84. The lowest BCUT2D eigenvalue weighted by Crippen LogP contribution is -2.44. The predicted octanol–water partition coefficient (Wildman–Crippen LogP) is 3.34. The Morgan fingerprint density at radius 1 is 1.29 bits per heavy atom. The smallest absolute Gasteiger partial charge is 0.311 e. The minimum atomic E-state index is -4.29. The van der Waals surface area contributed by atoms with Gasteiger partial charge in [-0.1, -0.05) is 12.8 Å². The van der Waals surface area contributed by atoms with Crippen LogP contribution in [0.1, 0.15) is 31.2 Å². The second-order valence-electron chi connectivity index (χ2n) is 5.78. The van der Waals surface area contributed by atoms with Gasteiger partial charge in [-0.2, -0.15) is 13.2 Å². The number of aromatic nitrogens is 1. The Hall–Kier alpha value is -1.59. The molecule has 1 fully saturated rings. The highest BCUT2D eigenvalue weighted by molar-refractivity contribution is 5.97. The number of halogens is 3. The van der Waals surface area contributed by atoms with Crippen LogP contribution < -0.4 is 4.90 Å². The maximum absolute atomic E-state index is 13.2. The average Bonchev–Trinajstić information content (AvgIpc) is 2.89. The average molecular weight is 298 g/mol. The van der Waals surface area contributed by atoms with Gasteiger partial charge in [-0.15, -0.1) is 0 Å². The van der Waals surface area contributed by atoms with E-state index in [4.69, 9.17) is 0 Å². The van der Waals surface area contributed by atoms with Gasteiger partial charge in [0.2, 0.25) is 5.91 Å². The van der Waals surface area contributed by atoms with Gasteiger partial charge in [0, 0.05) is 30.5 Å². The SMILES string of the molecule is O=C([C@H]1CCCC[C@H]1C(F)(F)F)N1CCc2cnccc21. The largest absolute Gasteiger partial charge is 0.392 e. The number of carbonyl (C=O) groups is 1. The maximum atomic E-state index is 13.2. The van der Waals surface area contributed by atoms with Gasteiger partial charge >= 0.3 is 6.18 Å². The van der Waals surface area contributed by atoms with Gasteiger partial charge in [-0.25, -0.2) is 0 Å². The van der Waals surface area contributed by atoms with Crippen LogP contribution in [0.2, 0.25) is 0 Å². The summed E-state index contributed by atoms with van der Waals surface area (Å²) in [5.74, 6) is -2.80. The Morgan fingerprint density at radius 2 is 2.05 bits per heavy atom. The van der Waals surface area contributed by atoms with Crippen molar-refractivity contribution >= 4 is 11.6 Å². The van der Waals surface area contributed by atoms with Gasteiger partial charge in [0.25, 0.3) is 0 Å². The van der Waals surface area contributed by atoms with E-state index in [0.717, 1.165) is 11.3 Å². The summed E-state index contributed by atoms with van der Waals surface area (Å²) in [5, 5.41) is 0. The van der Waals surface area contributed by atoms with Crippen molar-refractivity contribution in [1.82, 2.24) is 4.98 Å². The van der Waals surface area contributed by atoms with Gasteiger partial charge in [0.05, 0.1) is 5.92 Å². The molecule has 0 aromatic carbocycles. The minimum Gasteiger partial charge on any atom is -0.311 e. The van der Waals surface area contributed by atoms with Crippen LogP contribution in [-0.4, -0.2) is 23.6 Å². The molecule has 1 aliphatic carbocycles. The number of amides is 1. The number of carbonyl (C=O) groups excluding carboxylic acids is 1. The molecule has 0 N–H and O–H groups in total. The molecule has 2 heterocycles. The molecule has 3 nitrogen and oxygen atoms in total. The first-order valence-corrected chi connectivity index (χ1v) is 7.29. The van der Waals surface area contributed by atoms with E-state index < -0.39 is 18.0 Å². The zero-order valence-corrected chi connectivity index (χ0v) is 11.6. The standard InChI is InChI=1S/C15H17F3N2O/c16-15(17,18)12-4-2-1-3-11(12)14(21)20-8-6-10-9-19-7-5-13(10)20/h5,7,9,11-12H,1-4,6,8H2/t11-,12+/m0/s1. The fourth-order valence-corrected chi connectivity index (χ4v) is 3.48. The van der Waals surface area contributed by atoms with Gasteiger partial charge in [0.15, 0.2) is 0 Å². The molecule has 0 unspecified atom stereocenters. The quantitative estimate of drug-likeness (QED) is 0.796. The third-order valence-corrected chi connectivity index (χ3v) is 4.54. The van der Waals surface area contributed by atoms with Crippen molar-refractivity contribution in [2.24, 2.45) is 11.8 Å². The molecule has 1 amide bonds. The number of alkyl halides is 3.